The van der Waals surface area contributed by atoms with Crippen molar-refractivity contribution in [3.63, 3.8) is 0 Å². The van der Waals surface area contributed by atoms with E-state index in [9.17, 15) is 23.3 Å². The standard InChI is InChI=1S/C33H43FN4O5S/c1-23(2)21-38(44(42)27-17-18-29(35)28(34)20-27)26(22-39)16-10-11-19-36-32(40)31(37-33(41)43-3)30(24-12-6-4-7-13-24)25-14-8-5-9-15-25/h4-9,12-15,17-18,20,23,26,30-31,39H,10-11,16,19,21-22,35H2,1-3H3,(H,36,40)(H,37,41)/t26-,31?,44?/m0/s1. The molecular formula is C33H43FN4O5S. The average Bonchev–Trinajstić information content (AvgIpc) is 3.03. The number of aliphatic hydroxyl groups is 1. The van der Waals surface area contributed by atoms with Gasteiger partial charge in [-0.3, -0.25) is 4.79 Å². The first-order valence-corrected chi connectivity index (χ1v) is 15.8. The molecule has 3 aromatic carbocycles. The number of aliphatic hydroxyl groups excluding tert-OH is 1. The van der Waals surface area contributed by atoms with Gasteiger partial charge in [-0.1, -0.05) is 80.9 Å². The first kappa shape index (κ1) is 34.7. The number of rotatable bonds is 16. The summed E-state index contributed by atoms with van der Waals surface area (Å²) in [5.41, 5.74) is 7.29. The highest BCUT2D eigenvalue weighted by atomic mass is 32.2. The molecule has 2 amide bonds. The smallest absolute Gasteiger partial charge is 0.407 e. The van der Waals surface area contributed by atoms with Crippen LogP contribution >= 0.6 is 0 Å². The monoisotopic (exact) mass is 626 g/mol. The molecule has 238 valence electrons. The highest BCUT2D eigenvalue weighted by Crippen LogP contribution is 2.29. The molecular weight excluding hydrogens is 583 g/mol. The third kappa shape index (κ3) is 9.87. The van der Waals surface area contributed by atoms with Gasteiger partial charge in [-0.25, -0.2) is 17.7 Å². The molecule has 0 saturated carbocycles. The fraction of sp³-hybridized carbons (Fsp3) is 0.394. The molecule has 3 atom stereocenters. The zero-order valence-corrected chi connectivity index (χ0v) is 26.3. The second-order valence-corrected chi connectivity index (χ2v) is 12.4. The Bertz CT molecular complexity index is 1320. The number of nitrogen functional groups attached to an aromatic ring is 1. The molecule has 9 nitrogen and oxygen atoms in total. The number of benzene rings is 3. The van der Waals surface area contributed by atoms with Crippen molar-refractivity contribution in [1.29, 1.82) is 0 Å². The summed E-state index contributed by atoms with van der Waals surface area (Å²) in [6, 6.07) is 21.7. The van der Waals surface area contributed by atoms with Crippen LogP contribution in [0.4, 0.5) is 14.9 Å². The zero-order valence-electron chi connectivity index (χ0n) is 25.4. The number of alkyl carbamates (subject to hydrolysis) is 1. The number of hydrogen-bond donors (Lipinski definition) is 4. The van der Waals surface area contributed by atoms with E-state index in [1.807, 2.05) is 74.5 Å². The molecule has 2 unspecified atom stereocenters. The van der Waals surface area contributed by atoms with Gasteiger partial charge in [-0.05, 0) is 48.1 Å². The van der Waals surface area contributed by atoms with E-state index in [1.165, 1.54) is 25.3 Å². The van der Waals surface area contributed by atoms with Crippen molar-refractivity contribution < 1.29 is 28.0 Å². The Morgan fingerprint density at radius 2 is 1.61 bits per heavy atom. The van der Waals surface area contributed by atoms with Crippen molar-refractivity contribution >= 4 is 28.7 Å². The summed E-state index contributed by atoms with van der Waals surface area (Å²) in [7, 11) is -0.452. The van der Waals surface area contributed by atoms with Gasteiger partial charge in [0.1, 0.15) is 22.8 Å². The van der Waals surface area contributed by atoms with E-state index in [4.69, 9.17) is 10.5 Å². The molecule has 0 heterocycles. The number of ether oxygens (including phenoxy) is 1. The van der Waals surface area contributed by atoms with E-state index in [1.54, 1.807) is 4.31 Å². The number of halogens is 1. The van der Waals surface area contributed by atoms with Crippen LogP contribution in [0.15, 0.2) is 83.8 Å². The van der Waals surface area contributed by atoms with Gasteiger partial charge in [-0.2, -0.15) is 0 Å². The summed E-state index contributed by atoms with van der Waals surface area (Å²) < 4.78 is 34.1. The molecule has 0 saturated heterocycles. The van der Waals surface area contributed by atoms with Gasteiger partial charge in [0.2, 0.25) is 5.91 Å². The second-order valence-electron chi connectivity index (χ2n) is 11.0. The number of unbranched alkanes of at least 4 members (excludes halogenated alkanes) is 1. The number of nitrogens with two attached hydrogens (primary N) is 1. The number of hydrogen-bond acceptors (Lipinski definition) is 6. The fourth-order valence-corrected chi connectivity index (χ4v) is 6.54. The van der Waals surface area contributed by atoms with Crippen LogP contribution in [-0.4, -0.2) is 64.5 Å². The lowest BCUT2D eigenvalue weighted by Crippen LogP contribution is -2.50. The maximum absolute atomic E-state index is 14.1. The summed E-state index contributed by atoms with van der Waals surface area (Å²) in [6.07, 6.45) is 0.978. The molecule has 0 aliphatic carbocycles. The Morgan fingerprint density at radius 3 is 2.14 bits per heavy atom. The van der Waals surface area contributed by atoms with Gasteiger partial charge in [-0.15, -0.1) is 0 Å². The molecule has 3 aromatic rings. The highest BCUT2D eigenvalue weighted by Gasteiger charge is 2.33. The van der Waals surface area contributed by atoms with Gasteiger partial charge < -0.3 is 26.2 Å². The maximum atomic E-state index is 14.1. The molecule has 11 heteroatoms. The first-order valence-electron chi connectivity index (χ1n) is 14.7. The lowest BCUT2D eigenvalue weighted by atomic mass is 9.84. The minimum atomic E-state index is -1.70. The Hall–Kier alpha value is -3.80. The Kier molecular flexibility index (Phi) is 13.8. The average molecular weight is 627 g/mol. The number of amides is 2. The van der Waals surface area contributed by atoms with Gasteiger partial charge >= 0.3 is 6.09 Å². The molecule has 0 radical (unpaired) electrons. The summed E-state index contributed by atoms with van der Waals surface area (Å²) >= 11 is 0. The predicted octanol–water partition coefficient (Wildman–Crippen LogP) is 4.59. The van der Waals surface area contributed by atoms with E-state index in [-0.39, 0.29) is 29.0 Å². The van der Waals surface area contributed by atoms with Gasteiger partial charge in [0.05, 0.1) is 24.3 Å². The van der Waals surface area contributed by atoms with Crippen molar-refractivity contribution in [1.82, 2.24) is 14.9 Å². The summed E-state index contributed by atoms with van der Waals surface area (Å²) in [4.78, 5) is 26.1. The highest BCUT2D eigenvalue weighted by molar-refractivity contribution is 7.82. The van der Waals surface area contributed by atoms with Crippen molar-refractivity contribution in [2.75, 3.05) is 32.5 Å². The van der Waals surface area contributed by atoms with Gasteiger partial charge in [0.25, 0.3) is 0 Å². The third-order valence-corrected chi connectivity index (χ3v) is 8.74. The van der Waals surface area contributed by atoms with Crippen LogP contribution in [0, 0.1) is 11.7 Å². The quantitative estimate of drug-likeness (QED) is 0.136. The molecule has 0 spiro atoms. The molecule has 0 aliphatic rings. The predicted molar refractivity (Wildman–Crippen MR) is 171 cm³/mol. The van der Waals surface area contributed by atoms with Crippen LogP contribution in [0.2, 0.25) is 0 Å². The second kappa shape index (κ2) is 17.5. The largest absolute Gasteiger partial charge is 0.453 e. The number of anilines is 1. The summed E-state index contributed by atoms with van der Waals surface area (Å²) in [6.45, 7) is 4.48. The normalized spacial score (nSPS) is 13.5. The van der Waals surface area contributed by atoms with Crippen LogP contribution in [-0.2, 0) is 20.5 Å². The first-order chi connectivity index (χ1) is 21.2. The minimum Gasteiger partial charge on any atom is -0.453 e. The van der Waals surface area contributed by atoms with Gasteiger partial charge in [0.15, 0.2) is 0 Å². The van der Waals surface area contributed by atoms with Crippen LogP contribution in [0.1, 0.15) is 50.2 Å². The maximum Gasteiger partial charge on any atom is 0.407 e. The SMILES string of the molecule is COC(=O)NC(C(=O)NCCCC[C@@H](CO)N(CC(C)C)S(=O)c1ccc(N)c(F)c1)C(c1ccccc1)c1ccccc1. The molecule has 0 aliphatic heterocycles. The van der Waals surface area contributed by atoms with Crippen LogP contribution in [0.3, 0.4) is 0 Å². The van der Waals surface area contributed by atoms with Crippen molar-refractivity contribution in [2.24, 2.45) is 5.92 Å². The molecule has 0 aromatic heterocycles. The molecule has 0 bridgehead atoms. The number of carbonyl (C=O) groups excluding carboxylic acids is 2. The Labute approximate surface area is 261 Å². The van der Waals surface area contributed by atoms with Gasteiger partial charge in [0, 0.05) is 25.0 Å². The van der Waals surface area contributed by atoms with E-state index in [2.05, 4.69) is 10.6 Å². The number of methoxy groups -OCH3 is 1. The van der Waals surface area contributed by atoms with E-state index < -0.39 is 40.9 Å². The van der Waals surface area contributed by atoms with E-state index in [0.29, 0.717) is 32.4 Å². The lowest BCUT2D eigenvalue weighted by molar-refractivity contribution is -0.123. The minimum absolute atomic E-state index is 0.0233. The van der Waals surface area contributed by atoms with Crippen molar-refractivity contribution in [3.8, 4) is 0 Å². The van der Waals surface area contributed by atoms with E-state index >= 15 is 0 Å². The van der Waals surface area contributed by atoms with Crippen LogP contribution < -0.4 is 16.4 Å². The van der Waals surface area contributed by atoms with Crippen molar-refractivity contribution in [2.45, 2.75) is 56.0 Å². The fourth-order valence-electron chi connectivity index (χ4n) is 5.00. The number of nitrogens with one attached hydrogen (secondary N) is 2. The van der Waals surface area contributed by atoms with Crippen LogP contribution in [0.25, 0.3) is 0 Å². The molecule has 3 rings (SSSR count). The third-order valence-electron chi connectivity index (χ3n) is 7.20. The summed E-state index contributed by atoms with van der Waals surface area (Å²) in [5, 5.41) is 15.9. The Balaban J connectivity index is 1.68. The zero-order chi connectivity index (χ0) is 32.1. The van der Waals surface area contributed by atoms with Crippen molar-refractivity contribution in [3.05, 3.63) is 95.8 Å². The van der Waals surface area contributed by atoms with Crippen LogP contribution in [0.5, 0.6) is 0 Å². The number of carbonyl (C=O) groups is 2. The Morgan fingerprint density at radius 1 is 1.00 bits per heavy atom. The molecule has 0 fully saturated rings. The lowest BCUT2D eigenvalue weighted by Gasteiger charge is -2.31. The molecule has 44 heavy (non-hydrogen) atoms. The molecule has 5 N–H and O–H groups in total. The van der Waals surface area contributed by atoms with E-state index in [0.717, 1.165) is 11.1 Å². The summed E-state index contributed by atoms with van der Waals surface area (Å²) in [5.74, 6) is -1.32. The topological polar surface area (TPSA) is 134 Å². The number of nitrogens with zero attached hydrogens (tertiary/aromatic N) is 1.